The lowest BCUT2D eigenvalue weighted by molar-refractivity contribution is 0.557. The third-order valence-corrected chi connectivity index (χ3v) is 3.34. The van der Waals surface area contributed by atoms with Crippen molar-refractivity contribution >= 4 is 10.9 Å². The standard InChI is InChI=1S/C16H15N3O/c17-10-13-1-2-16-15(9-13)3-6-19(16)7-5-18-11-14-4-8-20-12-14/h1-4,6,8-9,12,18H,5,7,11H2. The van der Waals surface area contributed by atoms with Crippen molar-refractivity contribution < 1.29 is 4.42 Å². The van der Waals surface area contributed by atoms with Crippen LogP contribution in [0.15, 0.2) is 53.5 Å². The van der Waals surface area contributed by atoms with Gasteiger partial charge in [-0.1, -0.05) is 0 Å². The fourth-order valence-corrected chi connectivity index (χ4v) is 2.29. The number of nitrogens with zero attached hydrogens (tertiary/aromatic N) is 2. The molecule has 0 saturated carbocycles. The van der Waals surface area contributed by atoms with Crippen molar-refractivity contribution in [2.45, 2.75) is 13.1 Å². The van der Waals surface area contributed by atoms with Gasteiger partial charge in [0.25, 0.3) is 0 Å². The molecule has 1 N–H and O–H groups in total. The van der Waals surface area contributed by atoms with Gasteiger partial charge in [-0.2, -0.15) is 5.26 Å². The van der Waals surface area contributed by atoms with Gasteiger partial charge < -0.3 is 14.3 Å². The molecule has 0 saturated heterocycles. The SMILES string of the molecule is N#Cc1ccc2c(ccn2CCNCc2ccoc2)c1. The summed E-state index contributed by atoms with van der Waals surface area (Å²) < 4.78 is 7.22. The summed E-state index contributed by atoms with van der Waals surface area (Å²) in [6.07, 6.45) is 5.50. The Hall–Kier alpha value is -2.51. The van der Waals surface area contributed by atoms with Crippen molar-refractivity contribution in [3.8, 4) is 6.07 Å². The first-order valence-electron chi connectivity index (χ1n) is 6.57. The molecule has 2 aromatic heterocycles. The fraction of sp³-hybridized carbons (Fsp3) is 0.188. The van der Waals surface area contributed by atoms with Crippen LogP contribution in [0, 0.1) is 11.3 Å². The number of nitriles is 1. The Labute approximate surface area is 117 Å². The van der Waals surface area contributed by atoms with Crippen LogP contribution in [0.5, 0.6) is 0 Å². The summed E-state index contributed by atoms with van der Waals surface area (Å²) in [4.78, 5) is 0. The molecule has 2 heterocycles. The Kier molecular flexibility index (Phi) is 3.53. The number of aromatic nitrogens is 1. The zero-order chi connectivity index (χ0) is 13.8. The van der Waals surface area contributed by atoms with Gasteiger partial charge in [0.2, 0.25) is 0 Å². The molecule has 0 radical (unpaired) electrons. The maximum atomic E-state index is 8.89. The summed E-state index contributed by atoms with van der Waals surface area (Å²) in [5.74, 6) is 0. The van der Waals surface area contributed by atoms with E-state index < -0.39 is 0 Å². The molecule has 4 nitrogen and oxygen atoms in total. The topological polar surface area (TPSA) is 53.9 Å². The highest BCUT2D eigenvalue weighted by Crippen LogP contribution is 2.17. The minimum Gasteiger partial charge on any atom is -0.472 e. The van der Waals surface area contributed by atoms with Crippen molar-refractivity contribution in [3.05, 3.63) is 60.2 Å². The normalized spacial score (nSPS) is 10.8. The smallest absolute Gasteiger partial charge is 0.0991 e. The fourth-order valence-electron chi connectivity index (χ4n) is 2.29. The Morgan fingerprint density at radius 1 is 1.25 bits per heavy atom. The number of furan rings is 1. The molecule has 4 heteroatoms. The van der Waals surface area contributed by atoms with Gasteiger partial charge in [-0.3, -0.25) is 0 Å². The minimum atomic E-state index is 0.702. The highest BCUT2D eigenvalue weighted by atomic mass is 16.3. The van der Waals surface area contributed by atoms with E-state index in [-0.39, 0.29) is 0 Å². The van der Waals surface area contributed by atoms with Gasteiger partial charge in [-0.15, -0.1) is 0 Å². The highest BCUT2D eigenvalue weighted by molar-refractivity contribution is 5.81. The summed E-state index contributed by atoms with van der Waals surface area (Å²) in [5, 5.41) is 13.4. The second kappa shape index (κ2) is 5.64. The van der Waals surface area contributed by atoms with Crippen LogP contribution >= 0.6 is 0 Å². The lowest BCUT2D eigenvalue weighted by Gasteiger charge is -2.06. The summed E-state index contributed by atoms with van der Waals surface area (Å²) in [6.45, 7) is 2.59. The van der Waals surface area contributed by atoms with Crippen molar-refractivity contribution in [2.75, 3.05) is 6.54 Å². The van der Waals surface area contributed by atoms with Gasteiger partial charge in [0.05, 0.1) is 24.2 Å². The first-order chi connectivity index (χ1) is 9.86. The molecule has 0 unspecified atom stereocenters. The lowest BCUT2D eigenvalue weighted by atomic mass is 10.2. The van der Waals surface area contributed by atoms with Crippen LogP contribution in [0.1, 0.15) is 11.1 Å². The monoisotopic (exact) mass is 265 g/mol. The van der Waals surface area contributed by atoms with Crippen LogP contribution < -0.4 is 5.32 Å². The molecule has 1 aromatic carbocycles. The maximum Gasteiger partial charge on any atom is 0.0991 e. The molecule has 0 bridgehead atoms. The van der Waals surface area contributed by atoms with Crippen LogP contribution in [-0.2, 0) is 13.1 Å². The number of benzene rings is 1. The van der Waals surface area contributed by atoms with Crippen LogP contribution in [0.25, 0.3) is 10.9 Å². The third kappa shape index (κ3) is 2.58. The highest BCUT2D eigenvalue weighted by Gasteiger charge is 2.02. The average Bonchev–Trinajstić information content (AvgIpc) is 3.12. The van der Waals surface area contributed by atoms with E-state index >= 15 is 0 Å². The molecule has 0 aliphatic heterocycles. The predicted molar refractivity (Wildman–Crippen MR) is 77.1 cm³/mol. The van der Waals surface area contributed by atoms with Crippen molar-refractivity contribution in [1.29, 1.82) is 5.26 Å². The molecule has 3 aromatic rings. The van der Waals surface area contributed by atoms with E-state index in [1.54, 1.807) is 12.5 Å². The second-order valence-electron chi connectivity index (χ2n) is 4.70. The molecule has 0 amide bonds. The first kappa shape index (κ1) is 12.5. The Morgan fingerprint density at radius 3 is 3.00 bits per heavy atom. The quantitative estimate of drug-likeness (QED) is 0.722. The largest absolute Gasteiger partial charge is 0.472 e. The van der Waals surface area contributed by atoms with E-state index in [4.69, 9.17) is 9.68 Å². The van der Waals surface area contributed by atoms with Crippen molar-refractivity contribution in [2.24, 2.45) is 0 Å². The van der Waals surface area contributed by atoms with Gasteiger partial charge in [0.15, 0.2) is 0 Å². The van der Waals surface area contributed by atoms with E-state index in [0.29, 0.717) is 5.56 Å². The number of rotatable bonds is 5. The van der Waals surface area contributed by atoms with Gasteiger partial charge in [-0.25, -0.2) is 0 Å². The molecule has 0 aliphatic carbocycles. The average molecular weight is 265 g/mol. The number of nitrogens with one attached hydrogen (secondary N) is 1. The Balaban J connectivity index is 1.62. The summed E-state index contributed by atoms with van der Waals surface area (Å²) in [7, 11) is 0. The Morgan fingerprint density at radius 2 is 2.20 bits per heavy atom. The van der Waals surface area contributed by atoms with E-state index in [9.17, 15) is 0 Å². The molecule has 0 aliphatic rings. The molecule has 0 atom stereocenters. The van der Waals surface area contributed by atoms with Gasteiger partial charge >= 0.3 is 0 Å². The Bertz CT molecular complexity index is 735. The zero-order valence-electron chi connectivity index (χ0n) is 11.0. The van der Waals surface area contributed by atoms with Gasteiger partial charge in [0.1, 0.15) is 0 Å². The summed E-state index contributed by atoms with van der Waals surface area (Å²) in [5.41, 5.74) is 3.02. The molecule has 3 rings (SSSR count). The molecular formula is C16H15N3O. The second-order valence-corrected chi connectivity index (χ2v) is 4.70. The number of hydrogen-bond acceptors (Lipinski definition) is 3. The lowest BCUT2D eigenvalue weighted by Crippen LogP contribution is -2.18. The number of hydrogen-bond donors (Lipinski definition) is 1. The zero-order valence-corrected chi connectivity index (χ0v) is 11.0. The van der Waals surface area contributed by atoms with E-state index in [1.807, 2.05) is 30.3 Å². The van der Waals surface area contributed by atoms with Crippen LogP contribution in [0.3, 0.4) is 0 Å². The summed E-state index contributed by atoms with van der Waals surface area (Å²) in [6, 6.07) is 12.0. The predicted octanol–water partition coefficient (Wildman–Crippen LogP) is 2.90. The minimum absolute atomic E-state index is 0.702. The van der Waals surface area contributed by atoms with Crippen molar-refractivity contribution in [1.82, 2.24) is 9.88 Å². The molecule has 0 spiro atoms. The van der Waals surface area contributed by atoms with Crippen LogP contribution in [0.2, 0.25) is 0 Å². The van der Waals surface area contributed by atoms with Crippen molar-refractivity contribution in [3.63, 3.8) is 0 Å². The summed E-state index contributed by atoms with van der Waals surface area (Å²) >= 11 is 0. The molecule has 100 valence electrons. The molecule has 0 fully saturated rings. The van der Waals surface area contributed by atoms with E-state index in [2.05, 4.69) is 22.1 Å². The molecular weight excluding hydrogens is 250 g/mol. The molecule has 20 heavy (non-hydrogen) atoms. The maximum absolute atomic E-state index is 8.89. The van der Waals surface area contributed by atoms with Crippen LogP contribution in [-0.4, -0.2) is 11.1 Å². The van der Waals surface area contributed by atoms with Crippen LogP contribution in [0.4, 0.5) is 0 Å². The number of fused-ring (bicyclic) bond motifs is 1. The first-order valence-corrected chi connectivity index (χ1v) is 6.57. The van der Waals surface area contributed by atoms with E-state index in [0.717, 1.165) is 36.1 Å². The van der Waals surface area contributed by atoms with Gasteiger partial charge in [0, 0.05) is 42.3 Å². The van der Waals surface area contributed by atoms with Gasteiger partial charge in [-0.05, 0) is 30.3 Å². The van der Waals surface area contributed by atoms with E-state index in [1.165, 1.54) is 0 Å². The third-order valence-electron chi connectivity index (χ3n) is 3.34.